The quantitative estimate of drug-likeness (QED) is 0.814. The normalized spacial score (nSPS) is 22.3. The Morgan fingerprint density at radius 3 is 3.08 bits per heavy atom. The van der Waals surface area contributed by atoms with Gasteiger partial charge in [-0.2, -0.15) is 5.10 Å². The van der Waals surface area contributed by atoms with Crippen LogP contribution >= 0.6 is 0 Å². The van der Waals surface area contributed by atoms with Crippen molar-refractivity contribution >= 4 is 0 Å². The number of aromatic nitrogens is 2. The van der Waals surface area contributed by atoms with Gasteiger partial charge in [0.15, 0.2) is 0 Å². The molecule has 2 aliphatic rings. The van der Waals surface area contributed by atoms with Crippen LogP contribution in [0.15, 0.2) is 16.5 Å². The molecule has 0 amide bonds. The van der Waals surface area contributed by atoms with Crippen LogP contribution < -0.4 is 0 Å². The van der Waals surface area contributed by atoms with Crippen molar-refractivity contribution in [1.29, 1.82) is 0 Å². The zero-order valence-corrected chi connectivity index (χ0v) is 16.1. The van der Waals surface area contributed by atoms with Crippen LogP contribution in [0.3, 0.4) is 0 Å². The number of hydrogen-bond donors (Lipinski definition) is 1. The first-order valence-electron chi connectivity index (χ1n) is 10.2. The van der Waals surface area contributed by atoms with E-state index in [1.54, 1.807) is 0 Å². The Morgan fingerprint density at radius 1 is 1.35 bits per heavy atom. The maximum atomic E-state index is 6.12. The molecule has 5 nitrogen and oxygen atoms in total. The van der Waals surface area contributed by atoms with Gasteiger partial charge in [-0.3, -0.25) is 10.00 Å². The topological polar surface area (TPSA) is 54.3 Å². The third kappa shape index (κ3) is 3.74. The van der Waals surface area contributed by atoms with Gasteiger partial charge in [-0.15, -0.1) is 0 Å². The predicted molar refractivity (Wildman–Crippen MR) is 101 cm³/mol. The van der Waals surface area contributed by atoms with E-state index in [0.717, 1.165) is 50.6 Å². The number of ether oxygens (including phenoxy) is 1. The minimum Gasteiger partial charge on any atom is -0.462 e. The molecule has 0 aromatic carbocycles. The van der Waals surface area contributed by atoms with Crippen molar-refractivity contribution in [2.75, 3.05) is 13.2 Å². The average molecular weight is 357 g/mol. The molecule has 0 spiro atoms. The second kappa shape index (κ2) is 7.97. The molecule has 1 fully saturated rings. The van der Waals surface area contributed by atoms with E-state index in [9.17, 15) is 0 Å². The summed E-state index contributed by atoms with van der Waals surface area (Å²) in [4.78, 5) is 2.48. The molecule has 2 aromatic heterocycles. The highest BCUT2D eigenvalue weighted by Gasteiger charge is 2.25. The van der Waals surface area contributed by atoms with Gasteiger partial charge in [0.05, 0.1) is 12.2 Å². The predicted octanol–water partition coefficient (Wildman–Crippen LogP) is 4.71. The summed E-state index contributed by atoms with van der Waals surface area (Å²) in [6.07, 6.45) is 7.07. The number of fused-ring (bicyclic) bond motifs is 1. The molecule has 26 heavy (non-hydrogen) atoms. The van der Waals surface area contributed by atoms with Crippen molar-refractivity contribution in [2.45, 2.75) is 77.5 Å². The number of hydrogen-bond acceptors (Lipinski definition) is 4. The van der Waals surface area contributed by atoms with Gasteiger partial charge in [-0.25, -0.2) is 0 Å². The third-order valence-corrected chi connectivity index (χ3v) is 5.79. The summed E-state index contributed by atoms with van der Waals surface area (Å²) < 4.78 is 12.0. The van der Waals surface area contributed by atoms with Crippen LogP contribution in [0.25, 0.3) is 0 Å². The SMILES string of the molecule is CCCC(C)c1n[nH]c2c1CN(Cc1ccc(C3CCCCO3)o1)CC2. The van der Waals surface area contributed by atoms with Gasteiger partial charge in [0.2, 0.25) is 0 Å². The van der Waals surface area contributed by atoms with Gasteiger partial charge in [0.25, 0.3) is 0 Å². The Morgan fingerprint density at radius 2 is 2.27 bits per heavy atom. The van der Waals surface area contributed by atoms with Crippen LogP contribution in [0.1, 0.15) is 86.4 Å². The zero-order chi connectivity index (χ0) is 17.9. The van der Waals surface area contributed by atoms with E-state index in [1.807, 2.05) is 0 Å². The van der Waals surface area contributed by atoms with Gasteiger partial charge in [0.1, 0.15) is 17.6 Å². The fourth-order valence-corrected chi connectivity index (χ4v) is 4.32. The molecule has 0 aliphatic carbocycles. The van der Waals surface area contributed by atoms with Crippen molar-refractivity contribution in [1.82, 2.24) is 15.1 Å². The van der Waals surface area contributed by atoms with Crippen LogP contribution in [0, 0.1) is 0 Å². The zero-order valence-electron chi connectivity index (χ0n) is 16.1. The van der Waals surface area contributed by atoms with Crippen molar-refractivity contribution in [3.8, 4) is 0 Å². The molecule has 1 saturated heterocycles. The Labute approximate surface area is 156 Å². The average Bonchev–Trinajstić information content (AvgIpc) is 3.29. The summed E-state index contributed by atoms with van der Waals surface area (Å²) in [5.74, 6) is 2.57. The third-order valence-electron chi connectivity index (χ3n) is 5.79. The lowest BCUT2D eigenvalue weighted by atomic mass is 9.95. The Kier molecular flexibility index (Phi) is 5.46. The molecule has 2 aliphatic heterocycles. The number of furan rings is 1. The Hall–Kier alpha value is -1.59. The van der Waals surface area contributed by atoms with Crippen LogP contribution in [0.2, 0.25) is 0 Å². The van der Waals surface area contributed by atoms with E-state index in [0.29, 0.717) is 5.92 Å². The summed E-state index contributed by atoms with van der Waals surface area (Å²) in [5, 5.41) is 7.91. The van der Waals surface area contributed by atoms with E-state index in [2.05, 4.69) is 41.1 Å². The van der Waals surface area contributed by atoms with Gasteiger partial charge >= 0.3 is 0 Å². The van der Waals surface area contributed by atoms with Gasteiger partial charge in [-0.05, 0) is 37.8 Å². The largest absolute Gasteiger partial charge is 0.462 e. The van der Waals surface area contributed by atoms with E-state index < -0.39 is 0 Å². The first-order chi connectivity index (χ1) is 12.7. The molecular formula is C21H31N3O2. The molecule has 5 heteroatoms. The second-order valence-corrected chi connectivity index (χ2v) is 7.88. The minimum absolute atomic E-state index is 0.154. The highest BCUT2D eigenvalue weighted by Crippen LogP contribution is 2.31. The van der Waals surface area contributed by atoms with Crippen LogP contribution in [-0.2, 0) is 24.2 Å². The first-order valence-corrected chi connectivity index (χ1v) is 10.2. The fraction of sp³-hybridized carbons (Fsp3) is 0.667. The molecule has 2 atom stereocenters. The summed E-state index contributed by atoms with van der Waals surface area (Å²) in [6.45, 7) is 8.26. The molecule has 4 rings (SSSR count). The molecule has 0 bridgehead atoms. The molecule has 0 saturated carbocycles. The van der Waals surface area contributed by atoms with E-state index in [4.69, 9.17) is 9.15 Å². The lowest BCUT2D eigenvalue weighted by molar-refractivity contribution is 0.000798. The van der Waals surface area contributed by atoms with Gasteiger partial charge < -0.3 is 9.15 Å². The van der Waals surface area contributed by atoms with Gasteiger partial charge in [-0.1, -0.05) is 20.3 Å². The number of H-pyrrole nitrogens is 1. The fourth-order valence-electron chi connectivity index (χ4n) is 4.32. The molecule has 142 valence electrons. The number of rotatable bonds is 6. The molecular weight excluding hydrogens is 326 g/mol. The maximum Gasteiger partial charge on any atom is 0.133 e. The Bertz CT molecular complexity index is 715. The van der Waals surface area contributed by atoms with Crippen LogP contribution in [0.4, 0.5) is 0 Å². The van der Waals surface area contributed by atoms with Crippen LogP contribution in [0.5, 0.6) is 0 Å². The minimum atomic E-state index is 0.154. The van der Waals surface area contributed by atoms with Crippen molar-refractivity contribution < 1.29 is 9.15 Å². The summed E-state index contributed by atoms with van der Waals surface area (Å²) in [7, 11) is 0. The smallest absolute Gasteiger partial charge is 0.133 e. The maximum absolute atomic E-state index is 6.12. The number of aromatic amines is 1. The molecule has 1 N–H and O–H groups in total. The highest BCUT2D eigenvalue weighted by atomic mass is 16.5. The summed E-state index contributed by atoms with van der Waals surface area (Å²) in [5.41, 5.74) is 4.01. The van der Waals surface area contributed by atoms with Crippen molar-refractivity contribution in [3.63, 3.8) is 0 Å². The lowest BCUT2D eigenvalue weighted by Crippen LogP contribution is -2.30. The number of nitrogens with zero attached hydrogens (tertiary/aromatic N) is 2. The molecule has 2 unspecified atom stereocenters. The first kappa shape index (κ1) is 17.8. The van der Waals surface area contributed by atoms with Gasteiger partial charge in [0, 0.05) is 43.3 Å². The lowest BCUT2D eigenvalue weighted by Gasteiger charge is -2.27. The number of nitrogens with one attached hydrogen (secondary N) is 1. The van der Waals surface area contributed by atoms with Crippen molar-refractivity contribution in [3.05, 3.63) is 40.6 Å². The van der Waals surface area contributed by atoms with Crippen LogP contribution in [-0.4, -0.2) is 28.2 Å². The molecule has 4 heterocycles. The summed E-state index contributed by atoms with van der Waals surface area (Å²) >= 11 is 0. The molecule has 0 radical (unpaired) electrons. The monoisotopic (exact) mass is 357 g/mol. The van der Waals surface area contributed by atoms with E-state index >= 15 is 0 Å². The van der Waals surface area contributed by atoms with E-state index in [-0.39, 0.29) is 6.10 Å². The standard InChI is InChI=1S/C21H31N3O2/c1-3-6-15(2)21-17-14-24(11-10-18(17)22-23-21)13-16-8-9-20(26-16)19-7-4-5-12-25-19/h8-9,15,19H,3-7,10-14H2,1-2H3,(H,22,23). The van der Waals surface area contributed by atoms with Crippen molar-refractivity contribution in [2.24, 2.45) is 0 Å². The van der Waals surface area contributed by atoms with E-state index in [1.165, 1.54) is 42.6 Å². The second-order valence-electron chi connectivity index (χ2n) is 7.88. The molecule has 2 aromatic rings. The summed E-state index contributed by atoms with van der Waals surface area (Å²) in [6, 6.07) is 4.23. The highest BCUT2D eigenvalue weighted by molar-refractivity contribution is 5.30. The Balaban J connectivity index is 1.41.